The molecule has 45 heavy (non-hydrogen) atoms. The van der Waals surface area contributed by atoms with Crippen molar-refractivity contribution in [3.63, 3.8) is 0 Å². The summed E-state index contributed by atoms with van der Waals surface area (Å²) in [5.41, 5.74) is -0.789. The molecule has 256 valence electrons. The van der Waals surface area contributed by atoms with E-state index in [-0.39, 0.29) is 130 Å². The first-order valence-electron chi connectivity index (χ1n) is 14.1. The van der Waals surface area contributed by atoms with E-state index in [1.807, 2.05) is 0 Å². The molecule has 0 atom stereocenters. The van der Waals surface area contributed by atoms with Crippen LogP contribution >= 0.6 is 0 Å². The van der Waals surface area contributed by atoms with Gasteiger partial charge in [-0.2, -0.15) is 0 Å². The van der Waals surface area contributed by atoms with Gasteiger partial charge in [0.05, 0.1) is 84.7 Å². The molecule has 0 aliphatic carbocycles. The Hall–Kier alpha value is -3.48. The first-order chi connectivity index (χ1) is 21.8. The van der Waals surface area contributed by atoms with Crippen LogP contribution < -0.4 is 21.3 Å². The summed E-state index contributed by atoms with van der Waals surface area (Å²) in [7, 11) is 0. The van der Waals surface area contributed by atoms with E-state index in [0.717, 1.165) is 24.3 Å². The van der Waals surface area contributed by atoms with Crippen LogP contribution in [0.4, 0.5) is 0 Å². The third kappa shape index (κ3) is 25.5. The van der Waals surface area contributed by atoms with Crippen molar-refractivity contribution < 1.29 is 57.1 Å². The molecule has 0 aliphatic heterocycles. The maximum Gasteiger partial charge on any atom is 0.245 e. The maximum atomic E-state index is 11.2. The molecule has 0 unspecified atom stereocenters. The Balaban J connectivity index is 5.06. The van der Waals surface area contributed by atoms with Crippen LogP contribution in [0, 0.1) is 5.41 Å². The molecule has 0 aromatic rings. The van der Waals surface area contributed by atoms with Crippen LogP contribution in [-0.4, -0.2) is 130 Å². The number of rotatable bonds is 32. The minimum absolute atomic E-state index is 0.00243. The van der Waals surface area contributed by atoms with E-state index in [1.165, 1.54) is 0 Å². The van der Waals surface area contributed by atoms with Gasteiger partial charge >= 0.3 is 0 Å². The summed E-state index contributed by atoms with van der Waals surface area (Å²) in [5, 5.41) is 10.0. The van der Waals surface area contributed by atoms with E-state index < -0.39 is 5.41 Å². The lowest BCUT2D eigenvalue weighted by atomic mass is 9.92. The minimum atomic E-state index is -0.789. The van der Waals surface area contributed by atoms with E-state index in [4.69, 9.17) is 37.9 Å². The molecular formula is C29H48N4O12. The van der Waals surface area contributed by atoms with Crippen molar-refractivity contribution in [1.29, 1.82) is 0 Å². The summed E-state index contributed by atoms with van der Waals surface area (Å²) in [5.74, 6) is -1.42. The molecule has 0 fully saturated rings. The quantitative estimate of drug-likeness (QED) is 0.0404. The van der Waals surface area contributed by atoms with Crippen molar-refractivity contribution in [2.75, 3.05) is 106 Å². The van der Waals surface area contributed by atoms with Gasteiger partial charge in [0.25, 0.3) is 0 Å². The molecule has 0 aromatic heterocycles. The Morgan fingerprint density at radius 2 is 0.600 bits per heavy atom. The first-order valence-corrected chi connectivity index (χ1v) is 14.1. The molecule has 0 saturated carbocycles. The summed E-state index contributed by atoms with van der Waals surface area (Å²) in [6, 6.07) is 0. The average Bonchev–Trinajstić information content (AvgIpc) is 3.05. The van der Waals surface area contributed by atoms with Crippen LogP contribution in [0.1, 0.15) is 0 Å². The minimum Gasteiger partial charge on any atom is -0.378 e. The number of carbonyl (C=O) groups excluding carboxylic acids is 4. The zero-order valence-corrected chi connectivity index (χ0v) is 25.9. The molecule has 0 radical (unpaired) electrons. The highest BCUT2D eigenvalue weighted by Gasteiger charge is 2.32. The molecule has 0 rings (SSSR count). The zero-order valence-electron chi connectivity index (χ0n) is 25.9. The van der Waals surface area contributed by atoms with Gasteiger partial charge in [-0.15, -0.1) is 0 Å². The molecule has 0 bridgehead atoms. The van der Waals surface area contributed by atoms with Crippen LogP contribution in [0.5, 0.6) is 0 Å². The molecule has 0 saturated heterocycles. The van der Waals surface area contributed by atoms with Crippen molar-refractivity contribution in [3.05, 3.63) is 50.6 Å². The second-order valence-corrected chi connectivity index (χ2v) is 8.90. The SMILES string of the molecule is C=CC(=O)NCOCCOCC(COCCOCNC(=O)C=C)(COCCOCNC(=O)C=C)COCCOCNC(=O)C=C. The standard InChI is InChI=1S/C29H48N4O12/c1-5-25(34)30-21-42-13-9-38-17-29(18-39-10-14-43-22-31-26(35)6-2,19-40-11-15-44-23-32-27(36)7-3)20-41-12-16-45-24-33-28(37)8-4/h5-8H,1-4,9-24H2,(H,30,34)(H,31,35)(H,32,36)(H,33,37). The van der Waals surface area contributed by atoms with Crippen molar-refractivity contribution in [1.82, 2.24) is 21.3 Å². The Morgan fingerprint density at radius 3 is 0.800 bits per heavy atom. The second-order valence-electron chi connectivity index (χ2n) is 8.90. The van der Waals surface area contributed by atoms with E-state index in [9.17, 15) is 19.2 Å². The zero-order chi connectivity index (χ0) is 33.4. The van der Waals surface area contributed by atoms with Crippen LogP contribution in [0.15, 0.2) is 50.6 Å². The van der Waals surface area contributed by atoms with Crippen LogP contribution in [0.3, 0.4) is 0 Å². The molecule has 4 amide bonds. The number of hydrogen-bond donors (Lipinski definition) is 4. The van der Waals surface area contributed by atoms with Gasteiger partial charge in [-0.3, -0.25) is 19.2 Å². The highest BCUT2D eigenvalue weighted by atomic mass is 16.6. The summed E-state index contributed by atoms with van der Waals surface area (Å²) in [6.45, 7) is 15.7. The second kappa shape index (κ2) is 29.2. The largest absolute Gasteiger partial charge is 0.378 e. The third-order valence-corrected chi connectivity index (χ3v) is 5.26. The average molecular weight is 645 g/mol. The number of carbonyl (C=O) groups is 4. The van der Waals surface area contributed by atoms with Gasteiger partial charge in [0, 0.05) is 0 Å². The van der Waals surface area contributed by atoms with Crippen LogP contribution in [0.25, 0.3) is 0 Å². The Bertz CT molecular complexity index is 746. The number of ether oxygens (including phenoxy) is 8. The Morgan fingerprint density at radius 1 is 0.400 bits per heavy atom. The normalized spacial score (nSPS) is 10.8. The summed E-state index contributed by atoms with van der Waals surface area (Å²) < 4.78 is 44.9. The van der Waals surface area contributed by atoms with Gasteiger partial charge in [0.1, 0.15) is 26.9 Å². The first kappa shape index (κ1) is 41.5. The van der Waals surface area contributed by atoms with Gasteiger partial charge < -0.3 is 59.2 Å². The summed E-state index contributed by atoms with van der Waals surface area (Å²) in [4.78, 5) is 45.0. The maximum absolute atomic E-state index is 11.2. The summed E-state index contributed by atoms with van der Waals surface area (Å²) >= 11 is 0. The van der Waals surface area contributed by atoms with Crippen molar-refractivity contribution in [3.8, 4) is 0 Å². The van der Waals surface area contributed by atoms with Gasteiger partial charge in [-0.1, -0.05) is 26.3 Å². The monoisotopic (exact) mass is 644 g/mol. The fraction of sp³-hybridized carbons (Fsp3) is 0.586. The number of nitrogens with one attached hydrogen (secondary N) is 4. The summed E-state index contributed by atoms with van der Waals surface area (Å²) in [6.07, 6.45) is 4.56. The Kier molecular flexibility index (Phi) is 27.0. The fourth-order valence-corrected chi connectivity index (χ4v) is 2.94. The smallest absolute Gasteiger partial charge is 0.245 e. The predicted molar refractivity (Wildman–Crippen MR) is 162 cm³/mol. The van der Waals surface area contributed by atoms with E-state index in [0.29, 0.717) is 0 Å². The van der Waals surface area contributed by atoms with E-state index in [2.05, 4.69) is 47.6 Å². The fourth-order valence-electron chi connectivity index (χ4n) is 2.94. The Labute approximate surface area is 264 Å². The topological polar surface area (TPSA) is 190 Å². The van der Waals surface area contributed by atoms with Crippen molar-refractivity contribution in [2.45, 2.75) is 0 Å². The lowest BCUT2D eigenvalue weighted by Gasteiger charge is -2.33. The van der Waals surface area contributed by atoms with Gasteiger partial charge in [-0.05, 0) is 24.3 Å². The highest BCUT2D eigenvalue weighted by Crippen LogP contribution is 2.21. The predicted octanol–water partition coefficient (Wildman–Crippen LogP) is -0.856. The van der Waals surface area contributed by atoms with E-state index >= 15 is 0 Å². The molecular weight excluding hydrogens is 596 g/mol. The molecule has 16 heteroatoms. The lowest BCUT2D eigenvalue weighted by molar-refractivity contribution is -0.125. The van der Waals surface area contributed by atoms with Gasteiger partial charge in [-0.25, -0.2) is 0 Å². The third-order valence-electron chi connectivity index (χ3n) is 5.26. The van der Waals surface area contributed by atoms with Crippen LogP contribution in [-0.2, 0) is 57.1 Å². The molecule has 0 aliphatic rings. The highest BCUT2D eigenvalue weighted by molar-refractivity contribution is 5.87. The van der Waals surface area contributed by atoms with Gasteiger partial charge in [0.2, 0.25) is 23.6 Å². The lowest BCUT2D eigenvalue weighted by Crippen LogP contribution is -2.43. The number of hydrogen-bond acceptors (Lipinski definition) is 12. The molecule has 4 N–H and O–H groups in total. The molecule has 16 nitrogen and oxygen atoms in total. The molecule has 0 aromatic carbocycles. The van der Waals surface area contributed by atoms with Crippen molar-refractivity contribution in [2.24, 2.45) is 5.41 Å². The molecule has 0 spiro atoms. The van der Waals surface area contributed by atoms with Gasteiger partial charge in [0.15, 0.2) is 0 Å². The van der Waals surface area contributed by atoms with Crippen LogP contribution in [0.2, 0.25) is 0 Å². The molecule has 0 heterocycles. The van der Waals surface area contributed by atoms with E-state index in [1.54, 1.807) is 0 Å². The number of amides is 4. The van der Waals surface area contributed by atoms with Crippen molar-refractivity contribution >= 4 is 23.6 Å².